The standard InChI is InChI=1S/C14H11ClN2O/c1-2-11-12(15)8-9-16-13(11)14(18)17-10-6-4-3-5-7-10/h2-9H,1H2,(H,17,18). The molecule has 0 atom stereocenters. The highest BCUT2D eigenvalue weighted by Gasteiger charge is 2.13. The van der Waals surface area contributed by atoms with Gasteiger partial charge in [0.05, 0.1) is 5.02 Å². The van der Waals surface area contributed by atoms with Gasteiger partial charge in [-0.3, -0.25) is 9.78 Å². The van der Waals surface area contributed by atoms with E-state index in [0.717, 1.165) is 0 Å². The van der Waals surface area contributed by atoms with E-state index < -0.39 is 0 Å². The van der Waals surface area contributed by atoms with Crippen LogP contribution in [0.25, 0.3) is 6.08 Å². The number of nitrogens with one attached hydrogen (secondary N) is 1. The summed E-state index contributed by atoms with van der Waals surface area (Å²) < 4.78 is 0. The molecule has 1 aromatic heterocycles. The first kappa shape index (κ1) is 12.3. The van der Waals surface area contributed by atoms with Crippen LogP contribution in [0.1, 0.15) is 16.1 Å². The quantitative estimate of drug-likeness (QED) is 0.913. The summed E-state index contributed by atoms with van der Waals surface area (Å²) >= 11 is 5.99. The molecule has 1 heterocycles. The Morgan fingerprint density at radius 1 is 1.28 bits per heavy atom. The SMILES string of the molecule is C=Cc1c(Cl)ccnc1C(=O)Nc1ccccc1. The van der Waals surface area contributed by atoms with Gasteiger partial charge in [-0.1, -0.05) is 42.5 Å². The predicted molar refractivity (Wildman–Crippen MR) is 73.7 cm³/mol. The molecule has 0 saturated heterocycles. The lowest BCUT2D eigenvalue weighted by atomic mass is 10.1. The first-order valence-electron chi connectivity index (χ1n) is 5.35. The number of hydrogen-bond acceptors (Lipinski definition) is 2. The Labute approximate surface area is 110 Å². The molecule has 1 N–H and O–H groups in total. The van der Waals surface area contributed by atoms with Crippen molar-refractivity contribution in [3.05, 3.63) is 65.5 Å². The molecule has 0 bridgehead atoms. The second kappa shape index (κ2) is 5.47. The lowest BCUT2D eigenvalue weighted by Crippen LogP contribution is -2.15. The summed E-state index contributed by atoms with van der Waals surface area (Å²) in [7, 11) is 0. The molecule has 3 nitrogen and oxygen atoms in total. The number of carbonyl (C=O) groups is 1. The average molecular weight is 259 g/mol. The van der Waals surface area contributed by atoms with E-state index in [1.165, 1.54) is 12.3 Å². The Hall–Kier alpha value is -2.13. The highest BCUT2D eigenvalue weighted by atomic mass is 35.5. The van der Waals surface area contributed by atoms with Gasteiger partial charge in [-0.25, -0.2) is 0 Å². The fraction of sp³-hybridized carbons (Fsp3) is 0. The number of para-hydroxylation sites is 1. The van der Waals surface area contributed by atoms with Crippen molar-refractivity contribution in [2.45, 2.75) is 0 Å². The molecule has 0 aliphatic rings. The second-order valence-electron chi connectivity index (χ2n) is 3.58. The second-order valence-corrected chi connectivity index (χ2v) is 3.99. The zero-order valence-electron chi connectivity index (χ0n) is 9.56. The zero-order valence-corrected chi connectivity index (χ0v) is 10.3. The van der Waals surface area contributed by atoms with Crippen LogP contribution in [-0.2, 0) is 0 Å². The normalized spacial score (nSPS) is 9.83. The summed E-state index contributed by atoms with van der Waals surface area (Å²) in [5.74, 6) is -0.307. The fourth-order valence-electron chi connectivity index (χ4n) is 1.54. The van der Waals surface area contributed by atoms with Crippen molar-refractivity contribution in [1.29, 1.82) is 0 Å². The van der Waals surface area contributed by atoms with Gasteiger partial charge in [0.1, 0.15) is 5.69 Å². The largest absolute Gasteiger partial charge is 0.321 e. The third-order valence-electron chi connectivity index (χ3n) is 2.39. The van der Waals surface area contributed by atoms with Crippen LogP contribution in [0.4, 0.5) is 5.69 Å². The topological polar surface area (TPSA) is 42.0 Å². The molecular formula is C14H11ClN2O. The van der Waals surface area contributed by atoms with Crippen molar-refractivity contribution >= 4 is 29.3 Å². The van der Waals surface area contributed by atoms with Crippen LogP contribution < -0.4 is 5.32 Å². The summed E-state index contributed by atoms with van der Waals surface area (Å²) in [6.45, 7) is 3.64. The van der Waals surface area contributed by atoms with Crippen LogP contribution in [0.2, 0.25) is 5.02 Å². The maximum absolute atomic E-state index is 12.1. The molecule has 2 rings (SSSR count). The molecule has 0 radical (unpaired) electrons. The summed E-state index contributed by atoms with van der Waals surface area (Å²) in [4.78, 5) is 16.1. The van der Waals surface area contributed by atoms with E-state index in [0.29, 0.717) is 16.3 Å². The van der Waals surface area contributed by atoms with Gasteiger partial charge in [0.2, 0.25) is 0 Å². The Kier molecular flexibility index (Phi) is 3.75. The van der Waals surface area contributed by atoms with Crippen molar-refractivity contribution in [3.8, 4) is 0 Å². The molecule has 2 aromatic rings. The molecule has 0 fully saturated rings. The number of pyridine rings is 1. The molecule has 1 aromatic carbocycles. The number of aromatic nitrogens is 1. The predicted octanol–water partition coefficient (Wildman–Crippen LogP) is 3.63. The molecule has 18 heavy (non-hydrogen) atoms. The van der Waals surface area contributed by atoms with Crippen molar-refractivity contribution in [1.82, 2.24) is 4.98 Å². The van der Waals surface area contributed by atoms with Crippen LogP contribution in [0, 0.1) is 0 Å². The molecule has 0 saturated carbocycles. The molecule has 4 heteroatoms. The molecule has 90 valence electrons. The lowest BCUT2D eigenvalue weighted by Gasteiger charge is -2.07. The van der Waals surface area contributed by atoms with E-state index >= 15 is 0 Å². The summed E-state index contributed by atoms with van der Waals surface area (Å²) in [5, 5.41) is 3.21. The Morgan fingerprint density at radius 2 is 2.00 bits per heavy atom. The molecule has 0 unspecified atom stereocenters. The minimum atomic E-state index is -0.307. The van der Waals surface area contributed by atoms with Gasteiger partial charge >= 0.3 is 0 Å². The Bertz CT molecular complexity index is 582. The van der Waals surface area contributed by atoms with Crippen molar-refractivity contribution in [2.24, 2.45) is 0 Å². The van der Waals surface area contributed by atoms with Gasteiger partial charge in [0, 0.05) is 17.4 Å². The van der Waals surface area contributed by atoms with Crippen molar-refractivity contribution in [2.75, 3.05) is 5.32 Å². The summed E-state index contributed by atoms with van der Waals surface area (Å²) in [5.41, 5.74) is 1.51. The molecule has 1 amide bonds. The van der Waals surface area contributed by atoms with E-state index in [2.05, 4.69) is 16.9 Å². The van der Waals surface area contributed by atoms with Crippen LogP contribution in [0.5, 0.6) is 0 Å². The number of anilines is 1. The van der Waals surface area contributed by atoms with Gasteiger partial charge in [-0.05, 0) is 18.2 Å². The minimum Gasteiger partial charge on any atom is -0.321 e. The Morgan fingerprint density at radius 3 is 2.67 bits per heavy atom. The van der Waals surface area contributed by atoms with E-state index in [-0.39, 0.29) is 11.6 Å². The lowest BCUT2D eigenvalue weighted by molar-refractivity contribution is 0.102. The van der Waals surface area contributed by atoms with Gasteiger partial charge < -0.3 is 5.32 Å². The number of rotatable bonds is 3. The zero-order chi connectivity index (χ0) is 13.0. The summed E-state index contributed by atoms with van der Waals surface area (Å²) in [6, 6.07) is 10.8. The van der Waals surface area contributed by atoms with Gasteiger partial charge in [-0.2, -0.15) is 0 Å². The van der Waals surface area contributed by atoms with Crippen molar-refractivity contribution < 1.29 is 4.79 Å². The highest BCUT2D eigenvalue weighted by molar-refractivity contribution is 6.32. The number of benzene rings is 1. The third-order valence-corrected chi connectivity index (χ3v) is 2.72. The van der Waals surface area contributed by atoms with Crippen molar-refractivity contribution in [3.63, 3.8) is 0 Å². The number of halogens is 1. The monoisotopic (exact) mass is 258 g/mol. The van der Waals surface area contributed by atoms with Gasteiger partial charge in [0.15, 0.2) is 0 Å². The molecule has 0 spiro atoms. The smallest absolute Gasteiger partial charge is 0.274 e. The van der Waals surface area contributed by atoms with Crippen LogP contribution >= 0.6 is 11.6 Å². The maximum atomic E-state index is 12.1. The minimum absolute atomic E-state index is 0.265. The summed E-state index contributed by atoms with van der Waals surface area (Å²) in [6.07, 6.45) is 3.02. The van der Waals surface area contributed by atoms with E-state index in [4.69, 9.17) is 11.6 Å². The van der Waals surface area contributed by atoms with Crippen LogP contribution in [0.15, 0.2) is 49.2 Å². The molecule has 0 aliphatic carbocycles. The molecular weight excluding hydrogens is 248 g/mol. The first-order chi connectivity index (χ1) is 8.72. The average Bonchev–Trinajstić information content (AvgIpc) is 2.39. The maximum Gasteiger partial charge on any atom is 0.274 e. The number of amides is 1. The highest BCUT2D eigenvalue weighted by Crippen LogP contribution is 2.20. The van der Waals surface area contributed by atoms with E-state index in [1.807, 2.05) is 18.2 Å². The third kappa shape index (κ3) is 2.57. The van der Waals surface area contributed by atoms with Gasteiger partial charge in [0.25, 0.3) is 5.91 Å². The fourth-order valence-corrected chi connectivity index (χ4v) is 1.76. The number of carbonyl (C=O) groups excluding carboxylic acids is 1. The van der Waals surface area contributed by atoms with E-state index in [1.54, 1.807) is 18.2 Å². The molecule has 0 aliphatic heterocycles. The number of nitrogens with zero attached hydrogens (tertiary/aromatic N) is 1. The van der Waals surface area contributed by atoms with Crippen LogP contribution in [0.3, 0.4) is 0 Å². The first-order valence-corrected chi connectivity index (χ1v) is 5.73. The number of hydrogen-bond donors (Lipinski definition) is 1. The van der Waals surface area contributed by atoms with Gasteiger partial charge in [-0.15, -0.1) is 0 Å². The van der Waals surface area contributed by atoms with Crippen LogP contribution in [-0.4, -0.2) is 10.9 Å². The van der Waals surface area contributed by atoms with E-state index in [9.17, 15) is 4.79 Å². The Balaban J connectivity index is 2.30.